The van der Waals surface area contributed by atoms with Gasteiger partial charge in [-0.15, -0.1) is 16.8 Å². The summed E-state index contributed by atoms with van der Waals surface area (Å²) in [4.78, 5) is 12.3. The molecule has 0 aliphatic rings. The van der Waals surface area contributed by atoms with Gasteiger partial charge in [0.1, 0.15) is 0 Å². The lowest BCUT2D eigenvalue weighted by Crippen LogP contribution is -2.30. The van der Waals surface area contributed by atoms with Crippen LogP contribution in [0.3, 0.4) is 0 Å². The Bertz CT molecular complexity index is 1210. The second kappa shape index (κ2) is 11.3. The van der Waals surface area contributed by atoms with Crippen molar-refractivity contribution in [1.82, 2.24) is 24.4 Å². The number of nitrogens with zero attached hydrogens (tertiary/aromatic N) is 4. The van der Waals surface area contributed by atoms with Crippen LogP contribution in [0.1, 0.15) is 13.8 Å². The van der Waals surface area contributed by atoms with E-state index < -0.39 is 10.0 Å². The summed E-state index contributed by atoms with van der Waals surface area (Å²) in [5.74, 6) is 0.512. The van der Waals surface area contributed by atoms with Crippen LogP contribution in [-0.4, -0.2) is 58.8 Å². The number of aromatic nitrogens is 3. The minimum atomic E-state index is -3.62. The van der Waals surface area contributed by atoms with Crippen LogP contribution >= 0.6 is 11.8 Å². The molecule has 10 heteroatoms. The Morgan fingerprint density at radius 3 is 2.52 bits per heavy atom. The van der Waals surface area contributed by atoms with Crippen molar-refractivity contribution in [2.45, 2.75) is 23.9 Å². The summed E-state index contributed by atoms with van der Waals surface area (Å²) >= 11 is 1.25. The molecule has 0 fully saturated rings. The van der Waals surface area contributed by atoms with E-state index in [1.807, 2.05) is 48.7 Å². The van der Waals surface area contributed by atoms with Crippen LogP contribution in [-0.2, 0) is 14.8 Å². The van der Waals surface area contributed by atoms with Crippen molar-refractivity contribution in [3.63, 3.8) is 0 Å². The summed E-state index contributed by atoms with van der Waals surface area (Å²) in [6, 6.07) is 16.2. The van der Waals surface area contributed by atoms with Crippen molar-refractivity contribution in [2.75, 3.05) is 25.4 Å². The third-order valence-electron chi connectivity index (χ3n) is 4.86. The highest BCUT2D eigenvalue weighted by Crippen LogP contribution is 2.29. The molecule has 174 valence electrons. The van der Waals surface area contributed by atoms with Crippen LogP contribution in [0.2, 0.25) is 0 Å². The van der Waals surface area contributed by atoms with Gasteiger partial charge in [-0.25, -0.2) is 8.42 Å². The molecule has 33 heavy (non-hydrogen) atoms. The van der Waals surface area contributed by atoms with Gasteiger partial charge in [0.15, 0.2) is 11.0 Å². The zero-order valence-corrected chi connectivity index (χ0v) is 20.3. The zero-order chi connectivity index (χ0) is 23.8. The molecule has 1 aromatic heterocycles. The number of carbonyl (C=O) groups excluding carboxylic acids is 1. The lowest BCUT2D eigenvalue weighted by Gasteiger charge is -2.19. The molecule has 1 N–H and O–H groups in total. The first-order valence-electron chi connectivity index (χ1n) is 10.5. The number of para-hydroxylation sites is 1. The highest BCUT2D eigenvalue weighted by molar-refractivity contribution is 7.99. The third kappa shape index (κ3) is 5.70. The maximum absolute atomic E-state index is 13.0. The van der Waals surface area contributed by atoms with Gasteiger partial charge < -0.3 is 5.32 Å². The Morgan fingerprint density at radius 2 is 1.85 bits per heavy atom. The molecule has 0 aliphatic heterocycles. The van der Waals surface area contributed by atoms with Crippen LogP contribution in [0.4, 0.5) is 0 Å². The van der Waals surface area contributed by atoms with E-state index in [0.29, 0.717) is 36.2 Å². The van der Waals surface area contributed by atoms with Crippen LogP contribution in [0, 0.1) is 0 Å². The van der Waals surface area contributed by atoms with E-state index in [4.69, 9.17) is 0 Å². The average molecular weight is 486 g/mol. The molecule has 0 saturated heterocycles. The average Bonchev–Trinajstić information content (AvgIpc) is 3.26. The fourth-order valence-electron chi connectivity index (χ4n) is 3.24. The van der Waals surface area contributed by atoms with E-state index in [0.717, 1.165) is 5.69 Å². The lowest BCUT2D eigenvalue weighted by molar-refractivity contribution is -0.118. The summed E-state index contributed by atoms with van der Waals surface area (Å²) < 4.78 is 29.3. The van der Waals surface area contributed by atoms with E-state index in [9.17, 15) is 13.2 Å². The number of nitrogens with one attached hydrogen (secondary N) is 1. The van der Waals surface area contributed by atoms with Gasteiger partial charge >= 0.3 is 0 Å². The van der Waals surface area contributed by atoms with E-state index in [1.54, 1.807) is 30.3 Å². The van der Waals surface area contributed by atoms with Gasteiger partial charge in [-0.1, -0.05) is 62.0 Å². The van der Waals surface area contributed by atoms with Gasteiger partial charge in [0.05, 0.1) is 10.6 Å². The van der Waals surface area contributed by atoms with Gasteiger partial charge in [0, 0.05) is 30.9 Å². The fourth-order valence-corrected chi connectivity index (χ4v) is 5.52. The van der Waals surface area contributed by atoms with Crippen LogP contribution in [0.15, 0.2) is 77.3 Å². The lowest BCUT2D eigenvalue weighted by atomic mass is 10.2. The fraction of sp³-hybridized carbons (Fsp3) is 0.261. The number of hydrogen-bond acceptors (Lipinski definition) is 6. The molecule has 0 unspecified atom stereocenters. The maximum Gasteiger partial charge on any atom is 0.243 e. The molecule has 0 aliphatic carbocycles. The van der Waals surface area contributed by atoms with Gasteiger partial charge in [0.2, 0.25) is 15.9 Å². The Kier molecular flexibility index (Phi) is 8.43. The molecule has 1 heterocycles. The maximum atomic E-state index is 13.0. The molecule has 3 aromatic rings. The van der Waals surface area contributed by atoms with Crippen molar-refractivity contribution < 1.29 is 13.2 Å². The summed E-state index contributed by atoms with van der Waals surface area (Å²) in [5.41, 5.74) is 1.42. The predicted molar refractivity (Wildman–Crippen MR) is 131 cm³/mol. The van der Waals surface area contributed by atoms with Crippen molar-refractivity contribution in [3.8, 4) is 17.1 Å². The third-order valence-corrected chi connectivity index (χ3v) is 7.83. The number of carbonyl (C=O) groups is 1. The highest BCUT2D eigenvalue weighted by Gasteiger charge is 2.23. The summed E-state index contributed by atoms with van der Waals surface area (Å²) in [6.07, 6.45) is 1.62. The molecular weight excluding hydrogens is 458 g/mol. The number of hydrogen-bond donors (Lipinski definition) is 1. The van der Waals surface area contributed by atoms with E-state index in [-0.39, 0.29) is 16.6 Å². The van der Waals surface area contributed by atoms with Crippen molar-refractivity contribution in [3.05, 3.63) is 67.3 Å². The molecular formula is C23H27N5O3S2. The number of amides is 1. The minimum absolute atomic E-state index is 0.142. The van der Waals surface area contributed by atoms with Crippen LogP contribution in [0.5, 0.6) is 0 Å². The Hall–Kier alpha value is -2.95. The van der Waals surface area contributed by atoms with Gasteiger partial charge in [-0.2, -0.15) is 4.31 Å². The van der Waals surface area contributed by atoms with Crippen LogP contribution in [0.25, 0.3) is 17.1 Å². The van der Waals surface area contributed by atoms with Crippen molar-refractivity contribution in [1.29, 1.82) is 0 Å². The second-order valence-corrected chi connectivity index (χ2v) is 9.86. The topological polar surface area (TPSA) is 97.2 Å². The number of thioether (sulfide) groups is 1. The normalized spacial score (nSPS) is 11.5. The van der Waals surface area contributed by atoms with Gasteiger partial charge in [-0.3, -0.25) is 9.36 Å². The predicted octanol–water partition coefficient (Wildman–Crippen LogP) is 3.36. The first kappa shape index (κ1) is 24.7. The molecule has 2 aromatic carbocycles. The standard InChI is InChI=1S/C23H27N5O3S2/c1-4-15-24-21(29)17-32-23-26-25-22(28(23)19-12-8-7-9-13-19)18-11-10-14-20(16-18)33(30,31)27(5-2)6-3/h4,7-14,16H,1,5-6,15,17H2,2-3H3,(H,24,29). The zero-order valence-electron chi connectivity index (χ0n) is 18.6. The molecule has 0 saturated carbocycles. The van der Waals surface area contributed by atoms with E-state index >= 15 is 0 Å². The van der Waals surface area contributed by atoms with Crippen molar-refractivity contribution in [2.24, 2.45) is 0 Å². The summed E-state index contributed by atoms with van der Waals surface area (Å²) in [6.45, 7) is 8.38. The molecule has 0 atom stereocenters. The minimum Gasteiger partial charge on any atom is -0.352 e. The van der Waals surface area contributed by atoms with Gasteiger partial charge in [-0.05, 0) is 24.3 Å². The molecule has 3 rings (SSSR count). The Morgan fingerprint density at radius 1 is 1.12 bits per heavy atom. The first-order chi connectivity index (χ1) is 15.9. The summed E-state index contributed by atoms with van der Waals surface area (Å²) in [7, 11) is -3.62. The number of rotatable bonds is 11. The smallest absolute Gasteiger partial charge is 0.243 e. The molecule has 8 nitrogen and oxygen atoms in total. The number of benzene rings is 2. The highest BCUT2D eigenvalue weighted by atomic mass is 32.2. The molecule has 0 bridgehead atoms. The largest absolute Gasteiger partial charge is 0.352 e. The first-order valence-corrected chi connectivity index (χ1v) is 13.0. The second-order valence-electron chi connectivity index (χ2n) is 6.98. The Labute approximate surface area is 198 Å². The van der Waals surface area contributed by atoms with Crippen LogP contribution < -0.4 is 5.32 Å². The summed E-state index contributed by atoms with van der Waals surface area (Å²) in [5, 5.41) is 11.9. The molecule has 0 spiro atoms. The van der Waals surface area contributed by atoms with E-state index in [1.165, 1.54) is 16.1 Å². The van der Waals surface area contributed by atoms with E-state index in [2.05, 4.69) is 22.1 Å². The molecule has 1 amide bonds. The quantitative estimate of drug-likeness (QED) is 0.330. The number of sulfonamides is 1. The molecule has 0 radical (unpaired) electrons. The van der Waals surface area contributed by atoms with Crippen molar-refractivity contribution >= 4 is 27.7 Å². The SMILES string of the molecule is C=CCNC(=O)CSc1nnc(-c2cccc(S(=O)(=O)N(CC)CC)c2)n1-c1ccccc1. The van der Waals surface area contributed by atoms with Gasteiger partial charge in [0.25, 0.3) is 0 Å². The monoisotopic (exact) mass is 485 g/mol. The Balaban J connectivity index is 2.03.